The highest BCUT2D eigenvalue weighted by Gasteiger charge is 2.46. The average molecular weight is 363 g/mol. The molecule has 6 atom stereocenters. The smallest absolute Gasteiger partial charge is 0.303 e. The van der Waals surface area contributed by atoms with E-state index in [2.05, 4.69) is 31.8 Å². The monoisotopic (exact) mass is 362 g/mol. The van der Waals surface area contributed by atoms with Crippen molar-refractivity contribution in [2.75, 3.05) is 0 Å². The molecule has 4 nitrogen and oxygen atoms in total. The van der Waals surface area contributed by atoms with Gasteiger partial charge in [-0.1, -0.05) is 56.6 Å². The van der Waals surface area contributed by atoms with Gasteiger partial charge in [0.25, 0.3) is 0 Å². The van der Waals surface area contributed by atoms with E-state index >= 15 is 0 Å². The van der Waals surface area contributed by atoms with Gasteiger partial charge in [0.2, 0.25) is 0 Å². The molecule has 1 unspecified atom stereocenters. The van der Waals surface area contributed by atoms with Gasteiger partial charge < -0.3 is 15.3 Å². The number of carbonyl (C=O) groups is 1. The number of aliphatic hydroxyl groups is 2. The number of fused-ring (bicyclic) bond motifs is 1. The molecular formula is C22H34O4. The Labute approximate surface area is 157 Å². The molecule has 2 rings (SSSR count). The van der Waals surface area contributed by atoms with Crippen molar-refractivity contribution in [1.82, 2.24) is 0 Å². The van der Waals surface area contributed by atoms with Gasteiger partial charge >= 0.3 is 5.97 Å². The highest BCUT2D eigenvalue weighted by Crippen LogP contribution is 2.51. The van der Waals surface area contributed by atoms with Gasteiger partial charge in [-0.2, -0.15) is 0 Å². The third-order valence-corrected chi connectivity index (χ3v) is 5.97. The van der Waals surface area contributed by atoms with Gasteiger partial charge in [-0.15, -0.1) is 0 Å². The second-order valence-electron chi connectivity index (χ2n) is 8.14. The molecule has 0 spiro atoms. The summed E-state index contributed by atoms with van der Waals surface area (Å²) in [6.45, 7) is 4.33. The zero-order valence-corrected chi connectivity index (χ0v) is 16.2. The number of carboxylic acid groups (broad SMARTS) is 1. The molecule has 0 aromatic rings. The summed E-state index contributed by atoms with van der Waals surface area (Å²) in [6.07, 6.45) is 8.59. The Hall–Kier alpha value is -1.31. The molecule has 26 heavy (non-hydrogen) atoms. The van der Waals surface area contributed by atoms with Crippen molar-refractivity contribution < 1.29 is 20.1 Å². The maximum Gasteiger partial charge on any atom is 0.303 e. The third kappa shape index (κ3) is 5.86. The first-order chi connectivity index (χ1) is 12.4. The van der Waals surface area contributed by atoms with E-state index in [4.69, 9.17) is 5.11 Å². The summed E-state index contributed by atoms with van der Waals surface area (Å²) >= 11 is 0. The van der Waals surface area contributed by atoms with Crippen LogP contribution in [0.1, 0.15) is 71.6 Å². The van der Waals surface area contributed by atoms with Crippen LogP contribution in [-0.2, 0) is 4.79 Å². The van der Waals surface area contributed by atoms with Gasteiger partial charge in [0, 0.05) is 6.42 Å². The largest absolute Gasteiger partial charge is 0.481 e. The molecule has 0 radical (unpaired) electrons. The molecule has 2 fully saturated rings. The van der Waals surface area contributed by atoms with Crippen LogP contribution in [0.4, 0.5) is 0 Å². The Bertz CT molecular complexity index is 556. The summed E-state index contributed by atoms with van der Waals surface area (Å²) in [5.74, 6) is 6.62. The third-order valence-electron chi connectivity index (χ3n) is 5.97. The molecule has 2 saturated carbocycles. The quantitative estimate of drug-likeness (QED) is 0.454. The van der Waals surface area contributed by atoms with E-state index in [-0.39, 0.29) is 12.3 Å². The molecule has 146 valence electrons. The number of aliphatic carboxylic acids is 1. The van der Waals surface area contributed by atoms with Crippen molar-refractivity contribution in [3.8, 4) is 11.8 Å². The van der Waals surface area contributed by atoms with Crippen LogP contribution < -0.4 is 0 Å². The molecule has 4 heteroatoms. The van der Waals surface area contributed by atoms with Gasteiger partial charge in [0.05, 0.1) is 12.0 Å². The van der Waals surface area contributed by atoms with E-state index in [1.807, 2.05) is 0 Å². The lowest BCUT2D eigenvalue weighted by molar-refractivity contribution is -0.136. The van der Waals surface area contributed by atoms with Gasteiger partial charge in [-0.25, -0.2) is 0 Å². The lowest BCUT2D eigenvalue weighted by atomic mass is 9.57. The van der Waals surface area contributed by atoms with Crippen molar-refractivity contribution in [3.63, 3.8) is 0 Å². The van der Waals surface area contributed by atoms with E-state index in [9.17, 15) is 15.0 Å². The fourth-order valence-electron chi connectivity index (χ4n) is 4.39. The summed E-state index contributed by atoms with van der Waals surface area (Å²) < 4.78 is 0. The second kappa shape index (κ2) is 10.1. The molecule has 0 saturated heterocycles. The fourth-order valence-corrected chi connectivity index (χ4v) is 4.39. The highest BCUT2D eigenvalue weighted by molar-refractivity contribution is 5.66. The topological polar surface area (TPSA) is 77.8 Å². The van der Waals surface area contributed by atoms with Crippen LogP contribution >= 0.6 is 0 Å². The first kappa shape index (κ1) is 21.0. The molecule has 0 aliphatic heterocycles. The zero-order valence-electron chi connectivity index (χ0n) is 16.2. The van der Waals surface area contributed by atoms with E-state index in [0.717, 1.165) is 25.7 Å². The standard InChI is InChI=1S/C22H34O4/c1-3-4-6-15(2)13-17(23)9-10-19-20-14-16(7-5-8-22(25)26)18(20)11-12-21(19)24/h7,15,17-21,23-24H,3-6,8,11-14H2,1-2H3,(H,25,26)/b16-7+/t15-,17?,18-,19-,20+,21-/m1/s1. The summed E-state index contributed by atoms with van der Waals surface area (Å²) in [5, 5.41) is 29.3. The number of carboxylic acids is 1. The Morgan fingerprint density at radius 2 is 2.15 bits per heavy atom. The normalized spacial score (nSPS) is 31.3. The number of allylic oxidation sites excluding steroid dienone is 2. The summed E-state index contributed by atoms with van der Waals surface area (Å²) in [4.78, 5) is 10.6. The second-order valence-corrected chi connectivity index (χ2v) is 8.14. The van der Waals surface area contributed by atoms with Crippen molar-refractivity contribution in [2.45, 2.75) is 83.8 Å². The van der Waals surface area contributed by atoms with Crippen LogP contribution in [-0.4, -0.2) is 33.5 Å². The van der Waals surface area contributed by atoms with Crippen LogP contribution in [0.15, 0.2) is 11.6 Å². The van der Waals surface area contributed by atoms with Crippen molar-refractivity contribution in [3.05, 3.63) is 11.6 Å². The maximum absolute atomic E-state index is 10.6. The lowest BCUT2D eigenvalue weighted by Crippen LogP contribution is -2.44. The van der Waals surface area contributed by atoms with Crippen LogP contribution in [0.2, 0.25) is 0 Å². The van der Waals surface area contributed by atoms with Gasteiger partial charge in [0.15, 0.2) is 0 Å². The number of unbranched alkanes of at least 4 members (excludes halogenated alkanes) is 1. The van der Waals surface area contributed by atoms with E-state index < -0.39 is 18.2 Å². The fraction of sp³-hybridized carbons (Fsp3) is 0.773. The molecule has 0 bridgehead atoms. The Morgan fingerprint density at radius 3 is 2.85 bits per heavy atom. The molecular weight excluding hydrogens is 328 g/mol. The number of aliphatic hydroxyl groups excluding tert-OH is 2. The van der Waals surface area contributed by atoms with Gasteiger partial charge in [-0.05, 0) is 49.9 Å². The first-order valence-corrected chi connectivity index (χ1v) is 10.2. The van der Waals surface area contributed by atoms with Crippen LogP contribution in [0.5, 0.6) is 0 Å². The van der Waals surface area contributed by atoms with E-state index in [1.165, 1.54) is 18.4 Å². The van der Waals surface area contributed by atoms with Crippen molar-refractivity contribution in [1.29, 1.82) is 0 Å². The summed E-state index contributed by atoms with van der Waals surface area (Å²) in [5.41, 5.74) is 1.34. The minimum Gasteiger partial charge on any atom is -0.481 e. The Balaban J connectivity index is 1.88. The predicted molar refractivity (Wildman–Crippen MR) is 102 cm³/mol. The molecule has 2 aliphatic carbocycles. The molecule has 2 aliphatic rings. The number of rotatable bonds is 8. The SMILES string of the molecule is CCCC[C@@H](C)CC(O)C#C[C@@H]1[C@H]2C/C(=C\CCC(=O)O)[C@H]2CC[C@H]1O. The zero-order chi connectivity index (χ0) is 19.1. The molecule has 3 N–H and O–H groups in total. The average Bonchev–Trinajstić information content (AvgIpc) is 2.56. The molecule has 0 heterocycles. The molecule has 0 aromatic carbocycles. The van der Waals surface area contributed by atoms with Crippen molar-refractivity contribution in [2.24, 2.45) is 23.7 Å². The first-order valence-electron chi connectivity index (χ1n) is 10.2. The maximum atomic E-state index is 10.6. The summed E-state index contributed by atoms with van der Waals surface area (Å²) in [7, 11) is 0. The van der Waals surface area contributed by atoms with Crippen molar-refractivity contribution >= 4 is 5.97 Å². The molecule has 0 amide bonds. The number of hydrogen-bond donors (Lipinski definition) is 3. The van der Waals surface area contributed by atoms with Crippen LogP contribution in [0, 0.1) is 35.5 Å². The Morgan fingerprint density at radius 1 is 1.38 bits per heavy atom. The van der Waals surface area contributed by atoms with E-state index in [1.54, 1.807) is 0 Å². The van der Waals surface area contributed by atoms with Gasteiger partial charge in [-0.3, -0.25) is 4.79 Å². The highest BCUT2D eigenvalue weighted by atomic mass is 16.4. The minimum atomic E-state index is -0.761. The predicted octanol–water partition coefficient (Wildman–Crippen LogP) is 3.77. The number of hydrogen-bond acceptors (Lipinski definition) is 3. The van der Waals surface area contributed by atoms with Gasteiger partial charge in [0.1, 0.15) is 6.10 Å². The van der Waals surface area contributed by atoms with E-state index in [0.29, 0.717) is 30.6 Å². The Kier molecular flexibility index (Phi) is 8.18. The van der Waals surface area contributed by atoms with Crippen LogP contribution in [0.25, 0.3) is 0 Å². The minimum absolute atomic E-state index is 0.0639. The lowest BCUT2D eigenvalue weighted by Gasteiger charge is -2.48. The van der Waals surface area contributed by atoms with Crippen LogP contribution in [0.3, 0.4) is 0 Å². The molecule has 0 aromatic heterocycles. The summed E-state index contributed by atoms with van der Waals surface area (Å²) in [6, 6.07) is 0.